The van der Waals surface area contributed by atoms with Gasteiger partial charge in [-0.3, -0.25) is 4.79 Å². The average molecular weight is 458 g/mol. The highest BCUT2D eigenvalue weighted by atomic mass is 32.2. The normalized spacial score (nSPS) is 12.7. The number of para-hydroxylation sites is 1. The SMILES string of the molecule is Cc1nn(C(C)(C)C)c2nc(C(C)C)cc(C(=O)Nc3ccccc3S(=O)(=O)N(C)C)c12. The standard InChI is InChI=1S/C23H31N5O3S/c1-14(2)18-13-16(20-15(3)26-28(21(20)24-18)23(4,5)6)22(29)25-17-11-9-10-12-19(17)32(30,31)27(7)8/h9-14H,1-8H3,(H,25,29). The Morgan fingerprint density at radius 2 is 1.78 bits per heavy atom. The van der Waals surface area contributed by atoms with Gasteiger partial charge in [-0.05, 0) is 51.8 Å². The topological polar surface area (TPSA) is 97.2 Å². The molecule has 32 heavy (non-hydrogen) atoms. The number of fused-ring (bicyclic) bond motifs is 1. The Balaban J connectivity index is 2.20. The average Bonchev–Trinajstić information content (AvgIpc) is 3.04. The molecule has 1 amide bonds. The zero-order valence-corrected chi connectivity index (χ0v) is 20.7. The van der Waals surface area contributed by atoms with Crippen molar-refractivity contribution in [2.45, 2.75) is 57.9 Å². The maximum absolute atomic E-state index is 13.5. The highest BCUT2D eigenvalue weighted by Crippen LogP contribution is 2.30. The third-order valence-electron chi connectivity index (χ3n) is 5.20. The number of hydrogen-bond acceptors (Lipinski definition) is 5. The van der Waals surface area contributed by atoms with Crippen molar-refractivity contribution in [2.75, 3.05) is 19.4 Å². The number of hydrogen-bond donors (Lipinski definition) is 1. The lowest BCUT2D eigenvalue weighted by atomic mass is 10.0. The lowest BCUT2D eigenvalue weighted by Gasteiger charge is -2.20. The summed E-state index contributed by atoms with van der Waals surface area (Å²) in [6.45, 7) is 12.0. The van der Waals surface area contributed by atoms with Gasteiger partial charge in [-0.15, -0.1) is 0 Å². The molecule has 0 aliphatic heterocycles. The van der Waals surface area contributed by atoms with E-state index in [1.165, 1.54) is 20.2 Å². The van der Waals surface area contributed by atoms with Gasteiger partial charge in [-0.25, -0.2) is 22.4 Å². The smallest absolute Gasteiger partial charge is 0.256 e. The van der Waals surface area contributed by atoms with E-state index in [-0.39, 0.29) is 22.0 Å². The van der Waals surface area contributed by atoms with Gasteiger partial charge in [0, 0.05) is 19.8 Å². The highest BCUT2D eigenvalue weighted by molar-refractivity contribution is 7.89. The lowest BCUT2D eigenvalue weighted by molar-refractivity contribution is 0.102. The van der Waals surface area contributed by atoms with E-state index in [0.717, 1.165) is 10.00 Å². The molecule has 0 aliphatic carbocycles. The number of rotatable bonds is 5. The van der Waals surface area contributed by atoms with Crippen LogP contribution >= 0.6 is 0 Å². The first-order chi connectivity index (χ1) is 14.7. The monoisotopic (exact) mass is 457 g/mol. The van der Waals surface area contributed by atoms with E-state index in [0.29, 0.717) is 22.3 Å². The number of pyridine rings is 1. The Kier molecular flexibility index (Phi) is 6.19. The molecule has 3 aromatic rings. The predicted molar refractivity (Wildman–Crippen MR) is 127 cm³/mol. The number of aryl methyl sites for hydroxylation is 1. The molecule has 0 saturated heterocycles. The molecular weight excluding hydrogens is 426 g/mol. The Bertz CT molecular complexity index is 1280. The minimum Gasteiger partial charge on any atom is -0.321 e. The number of benzene rings is 1. The van der Waals surface area contributed by atoms with Gasteiger partial charge >= 0.3 is 0 Å². The summed E-state index contributed by atoms with van der Waals surface area (Å²) in [5, 5.41) is 8.14. The summed E-state index contributed by atoms with van der Waals surface area (Å²) < 4.78 is 28.5. The van der Waals surface area contributed by atoms with Gasteiger partial charge in [0.15, 0.2) is 5.65 Å². The van der Waals surface area contributed by atoms with Crippen LogP contribution in [0.2, 0.25) is 0 Å². The minimum atomic E-state index is -3.73. The zero-order valence-electron chi connectivity index (χ0n) is 19.9. The Labute approximate surface area is 189 Å². The van der Waals surface area contributed by atoms with Gasteiger partial charge in [-0.2, -0.15) is 5.10 Å². The van der Waals surface area contributed by atoms with E-state index in [1.807, 2.05) is 46.2 Å². The molecule has 172 valence electrons. The van der Waals surface area contributed by atoms with E-state index in [2.05, 4.69) is 10.4 Å². The maximum Gasteiger partial charge on any atom is 0.256 e. The highest BCUT2D eigenvalue weighted by Gasteiger charge is 2.27. The molecule has 0 unspecified atom stereocenters. The molecule has 1 aromatic carbocycles. The number of sulfonamides is 1. The molecule has 0 bridgehead atoms. The molecule has 2 heterocycles. The van der Waals surface area contributed by atoms with Crippen molar-refractivity contribution in [2.24, 2.45) is 0 Å². The molecule has 2 aromatic heterocycles. The van der Waals surface area contributed by atoms with E-state index in [4.69, 9.17) is 4.98 Å². The van der Waals surface area contributed by atoms with Gasteiger partial charge in [0.05, 0.1) is 27.9 Å². The van der Waals surface area contributed by atoms with Crippen LogP contribution in [-0.4, -0.2) is 47.5 Å². The third kappa shape index (κ3) is 4.27. The summed E-state index contributed by atoms with van der Waals surface area (Å²) in [6, 6.07) is 8.16. The van der Waals surface area contributed by atoms with Crippen LogP contribution in [0, 0.1) is 6.92 Å². The summed E-state index contributed by atoms with van der Waals surface area (Å²) in [7, 11) is -0.817. The molecule has 1 N–H and O–H groups in total. The predicted octanol–water partition coefficient (Wildman–Crippen LogP) is 4.12. The van der Waals surface area contributed by atoms with Crippen molar-refractivity contribution in [3.05, 3.63) is 47.3 Å². The van der Waals surface area contributed by atoms with Crippen molar-refractivity contribution in [3.8, 4) is 0 Å². The van der Waals surface area contributed by atoms with Crippen LogP contribution in [0.5, 0.6) is 0 Å². The Hall–Kier alpha value is -2.78. The van der Waals surface area contributed by atoms with Crippen LogP contribution in [0.1, 0.15) is 62.3 Å². The first-order valence-electron chi connectivity index (χ1n) is 10.5. The van der Waals surface area contributed by atoms with Crippen molar-refractivity contribution in [3.63, 3.8) is 0 Å². The number of carbonyl (C=O) groups is 1. The minimum absolute atomic E-state index is 0.0369. The lowest BCUT2D eigenvalue weighted by Crippen LogP contribution is -2.25. The quantitative estimate of drug-likeness (QED) is 0.622. The van der Waals surface area contributed by atoms with Gasteiger partial charge < -0.3 is 5.32 Å². The molecule has 9 heteroatoms. The molecule has 0 atom stereocenters. The molecule has 0 spiro atoms. The number of aromatic nitrogens is 3. The summed E-state index contributed by atoms with van der Waals surface area (Å²) in [6.07, 6.45) is 0. The second-order valence-corrected chi connectivity index (χ2v) is 11.5. The van der Waals surface area contributed by atoms with Crippen LogP contribution in [0.25, 0.3) is 11.0 Å². The number of nitrogens with one attached hydrogen (secondary N) is 1. The van der Waals surface area contributed by atoms with Gasteiger partial charge in [0.2, 0.25) is 10.0 Å². The fourth-order valence-electron chi connectivity index (χ4n) is 3.43. The molecule has 3 rings (SSSR count). The molecule has 0 radical (unpaired) electrons. The Morgan fingerprint density at radius 3 is 2.34 bits per heavy atom. The van der Waals surface area contributed by atoms with Crippen molar-refractivity contribution in [1.82, 2.24) is 19.1 Å². The fraction of sp³-hybridized carbons (Fsp3) is 0.435. The summed E-state index contributed by atoms with van der Waals surface area (Å²) in [5.41, 5.74) is 2.42. The summed E-state index contributed by atoms with van der Waals surface area (Å²) in [4.78, 5) is 18.3. The number of nitrogens with zero attached hydrogens (tertiary/aromatic N) is 4. The number of anilines is 1. The maximum atomic E-state index is 13.5. The van der Waals surface area contributed by atoms with E-state index in [1.54, 1.807) is 24.3 Å². The number of amides is 1. The fourth-order valence-corrected chi connectivity index (χ4v) is 4.47. The second kappa shape index (κ2) is 8.29. The van der Waals surface area contributed by atoms with Crippen LogP contribution in [0.3, 0.4) is 0 Å². The van der Waals surface area contributed by atoms with E-state index < -0.39 is 15.9 Å². The van der Waals surface area contributed by atoms with Gasteiger partial charge in [0.25, 0.3) is 5.91 Å². The number of carbonyl (C=O) groups excluding carboxylic acids is 1. The van der Waals surface area contributed by atoms with E-state index in [9.17, 15) is 13.2 Å². The molecule has 0 fully saturated rings. The first-order valence-corrected chi connectivity index (χ1v) is 11.9. The second-order valence-electron chi connectivity index (χ2n) is 9.35. The Morgan fingerprint density at radius 1 is 1.16 bits per heavy atom. The summed E-state index contributed by atoms with van der Waals surface area (Å²) in [5.74, 6) is -0.312. The van der Waals surface area contributed by atoms with Crippen LogP contribution < -0.4 is 5.32 Å². The largest absolute Gasteiger partial charge is 0.321 e. The molecule has 8 nitrogen and oxygen atoms in total. The third-order valence-corrected chi connectivity index (χ3v) is 7.07. The molecule has 0 saturated carbocycles. The summed E-state index contributed by atoms with van der Waals surface area (Å²) >= 11 is 0. The molecular formula is C23H31N5O3S. The first kappa shape index (κ1) is 23.9. The van der Waals surface area contributed by atoms with Crippen molar-refractivity contribution >= 4 is 32.7 Å². The molecule has 0 aliphatic rings. The van der Waals surface area contributed by atoms with Crippen LogP contribution in [0.15, 0.2) is 35.2 Å². The zero-order chi connectivity index (χ0) is 24.0. The van der Waals surface area contributed by atoms with E-state index >= 15 is 0 Å². The van der Waals surface area contributed by atoms with Crippen molar-refractivity contribution in [1.29, 1.82) is 0 Å². The van der Waals surface area contributed by atoms with Crippen molar-refractivity contribution < 1.29 is 13.2 Å². The van der Waals surface area contributed by atoms with Gasteiger partial charge in [-0.1, -0.05) is 26.0 Å². The van der Waals surface area contributed by atoms with Gasteiger partial charge in [0.1, 0.15) is 4.90 Å². The van der Waals surface area contributed by atoms with Crippen LogP contribution in [-0.2, 0) is 15.6 Å². The van der Waals surface area contributed by atoms with Crippen LogP contribution in [0.4, 0.5) is 5.69 Å².